The van der Waals surface area contributed by atoms with Crippen LogP contribution in [0.25, 0.3) is 10.1 Å². The van der Waals surface area contributed by atoms with Crippen LogP contribution in [-0.4, -0.2) is 9.78 Å². The lowest BCUT2D eigenvalue weighted by Gasteiger charge is -2.01. The minimum absolute atomic E-state index is 0.755. The van der Waals surface area contributed by atoms with Crippen LogP contribution in [0.4, 0.5) is 0 Å². The smallest absolute Gasteiger partial charge is 0.0762 e. The Bertz CT molecular complexity index is 702. The second-order valence-corrected chi connectivity index (χ2v) is 5.93. The third-order valence-corrected chi connectivity index (χ3v) is 4.68. The molecule has 0 unspecified atom stereocenters. The third kappa shape index (κ3) is 2.66. The number of hydrogen-bond acceptors (Lipinski definition) is 3. The van der Waals surface area contributed by atoms with Gasteiger partial charge in [0.15, 0.2) is 0 Å². The second kappa shape index (κ2) is 5.33. The van der Waals surface area contributed by atoms with E-state index in [1.54, 1.807) is 11.3 Å². The summed E-state index contributed by atoms with van der Waals surface area (Å²) in [6.07, 6.45) is 1.95. The van der Waals surface area contributed by atoms with Gasteiger partial charge in [-0.25, -0.2) is 0 Å². The molecule has 0 spiro atoms. The van der Waals surface area contributed by atoms with Gasteiger partial charge in [0.05, 0.1) is 10.7 Å². The van der Waals surface area contributed by atoms with Crippen molar-refractivity contribution in [2.24, 2.45) is 7.05 Å². The first-order valence-electron chi connectivity index (χ1n) is 6.09. The molecule has 3 rings (SSSR count). The number of fused-ring (bicyclic) bond motifs is 1. The Morgan fingerprint density at radius 2 is 2.11 bits per heavy atom. The molecule has 0 bridgehead atoms. The molecule has 1 N–H and O–H groups in total. The van der Waals surface area contributed by atoms with Gasteiger partial charge in [-0.15, -0.1) is 11.3 Å². The molecule has 2 aromatic heterocycles. The molecule has 0 amide bonds. The van der Waals surface area contributed by atoms with Gasteiger partial charge in [-0.1, -0.05) is 29.8 Å². The highest BCUT2D eigenvalue weighted by atomic mass is 35.5. The number of benzene rings is 1. The maximum atomic E-state index is 6.39. The summed E-state index contributed by atoms with van der Waals surface area (Å²) < 4.78 is 3.05. The molecule has 19 heavy (non-hydrogen) atoms. The average Bonchev–Trinajstić information content (AvgIpc) is 2.96. The lowest BCUT2D eigenvalue weighted by atomic mass is 10.2. The molecule has 5 heteroatoms. The Balaban J connectivity index is 1.70. The molecule has 0 fully saturated rings. The Morgan fingerprint density at radius 3 is 2.84 bits per heavy atom. The summed E-state index contributed by atoms with van der Waals surface area (Å²) in [5.41, 5.74) is 1.04. The summed E-state index contributed by atoms with van der Waals surface area (Å²) >= 11 is 8.14. The first-order valence-corrected chi connectivity index (χ1v) is 7.28. The Labute approximate surface area is 120 Å². The van der Waals surface area contributed by atoms with Gasteiger partial charge in [0.25, 0.3) is 0 Å². The van der Waals surface area contributed by atoms with Crippen LogP contribution in [0.5, 0.6) is 0 Å². The first-order chi connectivity index (χ1) is 9.24. The van der Waals surface area contributed by atoms with Crippen LogP contribution in [0.1, 0.15) is 10.6 Å². The van der Waals surface area contributed by atoms with Gasteiger partial charge in [-0.3, -0.25) is 4.68 Å². The van der Waals surface area contributed by atoms with Crippen molar-refractivity contribution in [2.75, 3.05) is 0 Å². The monoisotopic (exact) mass is 291 g/mol. The first kappa shape index (κ1) is 12.7. The lowest BCUT2D eigenvalue weighted by molar-refractivity contribution is 0.661. The molecule has 0 aliphatic rings. The van der Waals surface area contributed by atoms with Crippen molar-refractivity contribution in [3.63, 3.8) is 0 Å². The van der Waals surface area contributed by atoms with E-state index in [4.69, 9.17) is 11.6 Å². The minimum Gasteiger partial charge on any atom is -0.306 e. The Morgan fingerprint density at radius 1 is 1.26 bits per heavy atom. The predicted octanol–water partition coefficient (Wildman–Crippen LogP) is 3.58. The average molecular weight is 292 g/mol. The van der Waals surface area contributed by atoms with Gasteiger partial charge in [-0.05, 0) is 12.1 Å². The zero-order chi connectivity index (χ0) is 13.2. The molecule has 0 aliphatic carbocycles. The number of hydrogen-bond donors (Lipinski definition) is 1. The topological polar surface area (TPSA) is 29.9 Å². The van der Waals surface area contributed by atoms with E-state index in [1.165, 1.54) is 9.58 Å². The van der Waals surface area contributed by atoms with E-state index >= 15 is 0 Å². The van der Waals surface area contributed by atoms with Crippen LogP contribution >= 0.6 is 22.9 Å². The van der Waals surface area contributed by atoms with Crippen molar-refractivity contribution in [3.8, 4) is 0 Å². The zero-order valence-corrected chi connectivity index (χ0v) is 12.1. The Hall–Kier alpha value is -1.36. The fourth-order valence-corrected chi connectivity index (χ4v) is 3.51. The number of rotatable bonds is 4. The van der Waals surface area contributed by atoms with Gasteiger partial charge in [0.2, 0.25) is 0 Å². The standard InChI is InChI=1S/C14H14ClN3S/c1-18-7-6-10(17-18)8-16-9-13-14(15)11-4-2-3-5-12(11)19-13/h2-7,16H,8-9H2,1H3. The highest BCUT2D eigenvalue weighted by Gasteiger charge is 2.09. The number of nitrogens with zero attached hydrogens (tertiary/aromatic N) is 2. The molecule has 0 saturated heterocycles. The van der Waals surface area contributed by atoms with Gasteiger partial charge < -0.3 is 5.32 Å². The number of aromatic nitrogens is 2. The van der Waals surface area contributed by atoms with Gasteiger partial charge in [-0.2, -0.15) is 5.10 Å². The number of aryl methyl sites for hydroxylation is 1. The van der Waals surface area contributed by atoms with Crippen LogP contribution in [0.3, 0.4) is 0 Å². The number of nitrogens with one attached hydrogen (secondary N) is 1. The van der Waals surface area contributed by atoms with E-state index < -0.39 is 0 Å². The van der Waals surface area contributed by atoms with Crippen molar-refractivity contribution in [3.05, 3.63) is 52.1 Å². The van der Waals surface area contributed by atoms with E-state index in [0.717, 1.165) is 29.2 Å². The summed E-state index contributed by atoms with van der Waals surface area (Å²) in [4.78, 5) is 1.18. The van der Waals surface area contributed by atoms with Crippen molar-refractivity contribution in [2.45, 2.75) is 13.1 Å². The van der Waals surface area contributed by atoms with E-state index in [2.05, 4.69) is 22.5 Å². The predicted molar refractivity (Wildman–Crippen MR) is 80.6 cm³/mol. The van der Waals surface area contributed by atoms with Gasteiger partial charge >= 0.3 is 0 Å². The molecule has 0 radical (unpaired) electrons. The molecule has 1 aromatic carbocycles. The Kier molecular flexibility index (Phi) is 3.55. The summed E-state index contributed by atoms with van der Waals surface area (Å²) in [5, 5.41) is 9.73. The SMILES string of the molecule is Cn1ccc(CNCc2sc3ccccc3c2Cl)n1. The minimum atomic E-state index is 0.755. The van der Waals surface area contributed by atoms with Crippen LogP contribution in [0, 0.1) is 0 Å². The second-order valence-electron chi connectivity index (χ2n) is 4.42. The van der Waals surface area contributed by atoms with Crippen LogP contribution in [0.15, 0.2) is 36.5 Å². The van der Waals surface area contributed by atoms with E-state index in [9.17, 15) is 0 Å². The molecular weight excluding hydrogens is 278 g/mol. The molecular formula is C14H14ClN3S. The van der Waals surface area contributed by atoms with E-state index in [-0.39, 0.29) is 0 Å². The van der Waals surface area contributed by atoms with Crippen molar-refractivity contribution >= 4 is 33.0 Å². The summed E-state index contributed by atoms with van der Waals surface area (Å²) in [6, 6.07) is 10.2. The number of halogens is 1. The molecule has 0 atom stereocenters. The molecule has 98 valence electrons. The molecule has 0 aliphatic heterocycles. The number of thiophene rings is 1. The molecule has 3 nitrogen and oxygen atoms in total. The largest absolute Gasteiger partial charge is 0.306 e. The highest BCUT2D eigenvalue weighted by molar-refractivity contribution is 7.19. The maximum Gasteiger partial charge on any atom is 0.0762 e. The zero-order valence-electron chi connectivity index (χ0n) is 10.6. The van der Waals surface area contributed by atoms with Gasteiger partial charge in [0, 0.05) is 41.3 Å². The van der Waals surface area contributed by atoms with E-state index in [1.807, 2.05) is 36.1 Å². The highest BCUT2D eigenvalue weighted by Crippen LogP contribution is 2.34. The summed E-state index contributed by atoms with van der Waals surface area (Å²) in [7, 11) is 1.92. The van der Waals surface area contributed by atoms with Crippen molar-refractivity contribution in [1.82, 2.24) is 15.1 Å². The molecule has 0 saturated carbocycles. The normalized spacial score (nSPS) is 11.3. The summed E-state index contributed by atoms with van der Waals surface area (Å²) in [5.74, 6) is 0. The van der Waals surface area contributed by atoms with Crippen LogP contribution < -0.4 is 5.32 Å². The fourth-order valence-electron chi connectivity index (χ4n) is 2.04. The van der Waals surface area contributed by atoms with E-state index in [0.29, 0.717) is 0 Å². The lowest BCUT2D eigenvalue weighted by Crippen LogP contribution is -2.12. The quantitative estimate of drug-likeness (QED) is 0.796. The van der Waals surface area contributed by atoms with Crippen molar-refractivity contribution < 1.29 is 0 Å². The van der Waals surface area contributed by atoms with Crippen molar-refractivity contribution in [1.29, 1.82) is 0 Å². The molecule has 3 aromatic rings. The molecule has 2 heterocycles. The maximum absolute atomic E-state index is 6.39. The third-order valence-electron chi connectivity index (χ3n) is 2.96. The summed E-state index contributed by atoms with van der Waals surface area (Å²) in [6.45, 7) is 1.53. The fraction of sp³-hybridized carbons (Fsp3) is 0.214. The van der Waals surface area contributed by atoms with Crippen LogP contribution in [-0.2, 0) is 20.1 Å². The van der Waals surface area contributed by atoms with Crippen LogP contribution in [0.2, 0.25) is 5.02 Å². The van der Waals surface area contributed by atoms with Gasteiger partial charge in [0.1, 0.15) is 0 Å².